The smallest absolute Gasteiger partial charge is 0.338 e. The molecule has 0 heterocycles. The third-order valence-corrected chi connectivity index (χ3v) is 17.8. The molecule has 12 rings (SSSR count). The Morgan fingerprint density at radius 1 is 0.250 bits per heavy atom. The van der Waals surface area contributed by atoms with Gasteiger partial charge in [0.05, 0.1) is 0 Å². The first-order chi connectivity index (χ1) is 53.4. The van der Waals surface area contributed by atoms with Crippen molar-refractivity contribution in [2.24, 2.45) is 0 Å². The number of anilines is 12. The highest BCUT2D eigenvalue weighted by Crippen LogP contribution is 2.43. The van der Waals surface area contributed by atoms with Crippen LogP contribution in [0.2, 0.25) is 0 Å². The van der Waals surface area contributed by atoms with Crippen molar-refractivity contribution in [1.82, 2.24) is 0 Å². The molecule has 0 amide bonds. The second kappa shape index (κ2) is 38.2. The molecule has 0 aliphatic carbocycles. The van der Waals surface area contributed by atoms with Crippen LogP contribution in [0.25, 0.3) is 0 Å². The Bertz CT molecular complexity index is 5100. The molecule has 12 heteroatoms. The molecular formula is C100H100N4O8. The maximum absolute atomic E-state index is 11.8. The van der Waals surface area contributed by atoms with Gasteiger partial charge in [-0.25, -0.2) is 19.2 Å². The van der Waals surface area contributed by atoms with Crippen LogP contribution in [0, 0.1) is 104 Å². The first kappa shape index (κ1) is 82.7. The average molecular weight is 1490 g/mol. The summed E-state index contributed by atoms with van der Waals surface area (Å²) in [5.74, 6) is 0.210. The van der Waals surface area contributed by atoms with Crippen LogP contribution in [0.3, 0.4) is 0 Å². The zero-order valence-electron chi connectivity index (χ0n) is 67.3. The van der Waals surface area contributed by atoms with Gasteiger partial charge in [-0.3, -0.25) is 0 Å². The van der Waals surface area contributed by atoms with Gasteiger partial charge in [-0.2, -0.15) is 0 Å². The number of ether oxygens (including phenoxy) is 4. The molecule has 0 fully saturated rings. The predicted molar refractivity (Wildman–Crippen MR) is 464 cm³/mol. The molecule has 0 aliphatic rings. The molecule has 112 heavy (non-hydrogen) atoms. The molecule has 0 aromatic heterocycles. The quantitative estimate of drug-likeness (QED) is 0.0411. The molecule has 568 valence electrons. The molecule has 0 N–H and O–H groups in total. The van der Waals surface area contributed by atoms with Gasteiger partial charge in [0.1, 0.15) is 23.0 Å². The van der Waals surface area contributed by atoms with E-state index in [1.54, 1.807) is 25.1 Å². The molecule has 12 nitrogen and oxygen atoms in total. The molecule has 0 saturated carbocycles. The van der Waals surface area contributed by atoms with Gasteiger partial charge in [0.15, 0.2) is 0 Å². The summed E-state index contributed by atoms with van der Waals surface area (Å²) in [5, 5.41) is 0. The molecule has 0 bridgehead atoms. The number of esters is 4. The second-order valence-electron chi connectivity index (χ2n) is 28.6. The van der Waals surface area contributed by atoms with E-state index in [9.17, 15) is 19.2 Å². The molecule has 0 saturated heterocycles. The summed E-state index contributed by atoms with van der Waals surface area (Å²) in [4.78, 5) is 55.2. The van der Waals surface area contributed by atoms with Crippen molar-refractivity contribution in [2.75, 3.05) is 19.6 Å². The number of rotatable bonds is 20. The van der Waals surface area contributed by atoms with Gasteiger partial charge in [-0.15, -0.1) is 0 Å². The zero-order chi connectivity index (χ0) is 81.0. The van der Waals surface area contributed by atoms with Gasteiger partial charge >= 0.3 is 23.9 Å². The number of hydrogen-bond acceptors (Lipinski definition) is 12. The van der Waals surface area contributed by atoms with Gasteiger partial charge in [-0.1, -0.05) is 104 Å². The van der Waals surface area contributed by atoms with E-state index in [0.717, 1.165) is 92.0 Å². The Balaban J connectivity index is 0.000000171. The van der Waals surface area contributed by atoms with Crippen molar-refractivity contribution in [3.05, 3.63) is 382 Å². The molecule has 0 radical (unpaired) electrons. The molecular weight excluding hydrogens is 1390 g/mol. The van der Waals surface area contributed by atoms with Crippen molar-refractivity contribution in [2.45, 2.75) is 111 Å². The van der Waals surface area contributed by atoms with Crippen molar-refractivity contribution < 1.29 is 38.1 Å². The van der Waals surface area contributed by atoms with Crippen molar-refractivity contribution in [3.63, 3.8) is 0 Å². The third-order valence-electron chi connectivity index (χ3n) is 17.8. The van der Waals surface area contributed by atoms with Gasteiger partial charge < -0.3 is 38.5 Å². The van der Waals surface area contributed by atoms with Crippen LogP contribution in [0.5, 0.6) is 23.0 Å². The minimum atomic E-state index is -0.471. The fourth-order valence-corrected chi connectivity index (χ4v) is 13.2. The molecule has 0 unspecified atom stereocenters. The van der Waals surface area contributed by atoms with E-state index in [4.69, 9.17) is 18.9 Å². The van der Waals surface area contributed by atoms with Crippen LogP contribution in [0.1, 0.15) is 90.4 Å². The highest BCUT2D eigenvalue weighted by atomic mass is 16.5. The first-order valence-electron chi connectivity index (χ1n) is 37.1. The van der Waals surface area contributed by atoms with Gasteiger partial charge in [0, 0.05) is 98.1 Å². The van der Waals surface area contributed by atoms with E-state index in [1.165, 1.54) is 77.9 Å². The Hall–Kier alpha value is -13.3. The van der Waals surface area contributed by atoms with Gasteiger partial charge in [-0.05, 0) is 359 Å². The topological polar surface area (TPSA) is 118 Å². The van der Waals surface area contributed by atoms with Crippen molar-refractivity contribution >= 4 is 92.1 Å². The summed E-state index contributed by atoms with van der Waals surface area (Å²) < 4.78 is 21.2. The standard InChI is InChI=1S/C26H27NO2.2C25H25NO2.C24H23NO2/c1-17(2)26(28)29-25-9-7-22(8-10-25)27(23-13-18(3)11-19(4)14-23)24-15-20(5)12-21(6)16-24;1-6-25(27)28-24-9-7-21(8-10-24)26(22-13-17(2)11-18(3)14-22)23-15-19(4)12-20(5)16-23;1-6-25(27)28-24-9-7-8-21(16-24)26(22-12-17(2)10-18(3)13-22)23-14-19(4)11-20(5)15-23;1-5-24(26)27-23-15-14-22(16-19(23)4)25(20-10-6-17(2)7-11-20)21-12-8-18(3)9-13-21/h7-16H,1H2,2-6H3;2*6-16H,1H2,2-5H3;5-16H,1H2,2-4H3. The largest absolute Gasteiger partial charge is 0.423 e. The van der Waals surface area contributed by atoms with E-state index < -0.39 is 23.9 Å². The lowest BCUT2D eigenvalue weighted by molar-refractivity contribution is -0.130. The fraction of sp³-hybridized carbons (Fsp3) is 0.160. The van der Waals surface area contributed by atoms with E-state index in [-0.39, 0.29) is 0 Å². The zero-order valence-corrected chi connectivity index (χ0v) is 67.3. The summed E-state index contributed by atoms with van der Waals surface area (Å²) in [5.41, 5.74) is 30.7. The lowest BCUT2D eigenvalue weighted by Crippen LogP contribution is -2.11. The number of hydrogen-bond donors (Lipinski definition) is 0. The number of nitrogens with zero attached hydrogens (tertiary/aromatic N) is 4. The SMILES string of the molecule is C=C(C)C(=O)Oc1ccc(N(c2cc(C)cc(C)c2)c2cc(C)cc(C)c2)cc1.C=CC(=O)Oc1ccc(N(c2cc(C)cc(C)c2)c2cc(C)cc(C)c2)cc1.C=CC(=O)Oc1ccc(N(c2ccc(C)cc2)c2ccc(C)cc2)cc1C.C=CC(=O)Oc1cccc(N(c2cc(C)cc(C)c2)c2cc(C)cc(C)c2)c1. The summed E-state index contributed by atoms with van der Waals surface area (Å²) >= 11 is 0. The third kappa shape index (κ3) is 23.1. The molecule has 0 aliphatic heterocycles. The molecule has 0 spiro atoms. The monoisotopic (exact) mass is 1480 g/mol. The lowest BCUT2D eigenvalue weighted by atomic mass is 10.1. The molecule has 12 aromatic carbocycles. The van der Waals surface area contributed by atoms with E-state index in [1.807, 2.05) is 79.7 Å². The minimum absolute atomic E-state index is 0.376. The Morgan fingerprint density at radius 2 is 0.500 bits per heavy atom. The number of aryl methyl sites for hydroxylation is 15. The Labute approximate surface area is 662 Å². The summed E-state index contributed by atoms with van der Waals surface area (Å²) in [6, 6.07) is 84.3. The number of carbonyl (C=O) groups excluding carboxylic acids is 4. The van der Waals surface area contributed by atoms with E-state index >= 15 is 0 Å². The summed E-state index contributed by atoms with van der Waals surface area (Å²) in [6.07, 6.45) is 3.49. The molecule has 12 aromatic rings. The Kier molecular flexibility index (Phi) is 28.2. The summed E-state index contributed by atoms with van der Waals surface area (Å²) in [6.45, 7) is 46.9. The Morgan fingerprint density at radius 3 is 0.795 bits per heavy atom. The second-order valence-corrected chi connectivity index (χ2v) is 28.6. The van der Waals surface area contributed by atoms with E-state index in [0.29, 0.717) is 28.6 Å². The van der Waals surface area contributed by atoms with Crippen LogP contribution in [-0.4, -0.2) is 23.9 Å². The van der Waals surface area contributed by atoms with Crippen molar-refractivity contribution in [3.8, 4) is 23.0 Å². The highest BCUT2D eigenvalue weighted by Gasteiger charge is 2.21. The summed E-state index contributed by atoms with van der Waals surface area (Å²) in [7, 11) is 0. The van der Waals surface area contributed by atoms with Crippen LogP contribution in [0.4, 0.5) is 68.2 Å². The highest BCUT2D eigenvalue weighted by molar-refractivity contribution is 5.90. The van der Waals surface area contributed by atoms with E-state index in [2.05, 4.69) is 301 Å². The van der Waals surface area contributed by atoms with Crippen LogP contribution in [-0.2, 0) is 19.2 Å². The fourth-order valence-electron chi connectivity index (χ4n) is 13.2. The average Bonchev–Trinajstić information content (AvgIpc) is 0.809. The number of benzene rings is 12. The van der Waals surface area contributed by atoms with Crippen molar-refractivity contribution in [1.29, 1.82) is 0 Å². The lowest BCUT2D eigenvalue weighted by Gasteiger charge is -2.27. The maximum atomic E-state index is 11.8. The predicted octanol–water partition coefficient (Wildman–Crippen LogP) is 26.0. The first-order valence-corrected chi connectivity index (χ1v) is 37.1. The van der Waals surface area contributed by atoms with Gasteiger partial charge in [0.2, 0.25) is 0 Å². The molecule has 0 atom stereocenters. The normalized spacial score (nSPS) is 10.4. The number of carbonyl (C=O) groups is 4. The van der Waals surface area contributed by atoms with Gasteiger partial charge in [0.25, 0.3) is 0 Å². The van der Waals surface area contributed by atoms with Crippen LogP contribution < -0.4 is 38.5 Å². The van der Waals surface area contributed by atoms with Crippen LogP contribution in [0.15, 0.2) is 299 Å². The maximum Gasteiger partial charge on any atom is 0.338 e. The van der Waals surface area contributed by atoms with Crippen LogP contribution >= 0.6 is 0 Å². The minimum Gasteiger partial charge on any atom is -0.423 e.